The van der Waals surface area contributed by atoms with Gasteiger partial charge in [-0.1, -0.05) is 28.9 Å². The fourth-order valence-electron chi connectivity index (χ4n) is 5.51. The number of nitrogens with one attached hydrogen (secondary N) is 1. The Hall–Kier alpha value is -4.20. The van der Waals surface area contributed by atoms with Crippen molar-refractivity contribution in [2.75, 3.05) is 13.2 Å². The standard InChI is InChI=1S/C30H26ClF3N6O4/c31-20-4-1-17(2-5-20)16-43-28-22(30(32,33)34)11-18-7-9-39(14-24(18)36-28)15-26-35-23-12-19(27-37-29(41)44-38-27)3-6-25(23)40(26)13-21-8-10-42-21/h1-6,11-12,21H,7-10,13-16H2,(H,37,38,41)/t21-/m0/s1. The first-order valence-electron chi connectivity index (χ1n) is 14.1. The molecule has 3 aromatic heterocycles. The van der Waals surface area contributed by atoms with Gasteiger partial charge < -0.3 is 14.0 Å². The second kappa shape index (κ2) is 11.4. The number of benzene rings is 2. The van der Waals surface area contributed by atoms with Gasteiger partial charge in [0.2, 0.25) is 5.88 Å². The third-order valence-electron chi connectivity index (χ3n) is 7.91. The molecular formula is C30H26ClF3N6O4. The average molecular weight is 627 g/mol. The van der Waals surface area contributed by atoms with Gasteiger partial charge in [-0.25, -0.2) is 14.8 Å². The van der Waals surface area contributed by atoms with E-state index in [9.17, 15) is 18.0 Å². The molecule has 44 heavy (non-hydrogen) atoms. The molecule has 7 rings (SSSR count). The second-order valence-corrected chi connectivity index (χ2v) is 11.3. The van der Waals surface area contributed by atoms with Gasteiger partial charge in [0.05, 0.1) is 35.9 Å². The number of H-pyrrole nitrogens is 1. The van der Waals surface area contributed by atoms with Crippen LogP contribution in [0.5, 0.6) is 5.88 Å². The van der Waals surface area contributed by atoms with Gasteiger partial charge in [-0.15, -0.1) is 0 Å². The molecule has 1 saturated heterocycles. The Bertz CT molecular complexity index is 1880. The van der Waals surface area contributed by atoms with Crippen molar-refractivity contribution in [1.29, 1.82) is 0 Å². The SMILES string of the molecule is O=c1[nH]c(-c2ccc3c(c2)nc(CN2CCc4cc(C(F)(F)F)c(OCc5ccc(Cl)cc5)nc4C2)n3C[C@@H]2CCO2)no1. The van der Waals surface area contributed by atoms with E-state index in [-0.39, 0.29) is 12.7 Å². The third-order valence-corrected chi connectivity index (χ3v) is 8.16. The van der Waals surface area contributed by atoms with E-state index in [1.165, 1.54) is 0 Å². The summed E-state index contributed by atoms with van der Waals surface area (Å²) in [6.45, 7) is 2.57. The number of fused-ring (bicyclic) bond motifs is 2. The Morgan fingerprint density at radius 1 is 1.11 bits per heavy atom. The number of rotatable bonds is 8. The zero-order valence-electron chi connectivity index (χ0n) is 23.2. The minimum absolute atomic E-state index is 0.0719. The summed E-state index contributed by atoms with van der Waals surface area (Å²) in [6.07, 6.45) is -3.19. The van der Waals surface area contributed by atoms with E-state index < -0.39 is 23.4 Å². The van der Waals surface area contributed by atoms with Crippen LogP contribution in [-0.2, 0) is 43.6 Å². The van der Waals surface area contributed by atoms with Crippen molar-refractivity contribution in [2.24, 2.45) is 0 Å². The minimum atomic E-state index is -4.61. The summed E-state index contributed by atoms with van der Waals surface area (Å²) in [5.41, 5.74) is 3.15. The molecule has 0 saturated carbocycles. The first-order valence-corrected chi connectivity index (χ1v) is 14.4. The molecule has 0 spiro atoms. The zero-order valence-corrected chi connectivity index (χ0v) is 24.0. The number of nitrogens with zero attached hydrogens (tertiary/aromatic N) is 5. The molecule has 2 aliphatic rings. The van der Waals surface area contributed by atoms with Gasteiger partial charge in [0, 0.05) is 30.3 Å². The molecule has 2 aliphatic heterocycles. The number of aromatic nitrogens is 5. The highest BCUT2D eigenvalue weighted by Gasteiger charge is 2.37. The van der Waals surface area contributed by atoms with E-state index in [0.29, 0.717) is 78.0 Å². The van der Waals surface area contributed by atoms with Crippen LogP contribution >= 0.6 is 11.6 Å². The normalized spacial score (nSPS) is 17.0. The molecule has 14 heteroatoms. The van der Waals surface area contributed by atoms with Crippen LogP contribution in [-0.4, -0.2) is 48.8 Å². The highest BCUT2D eigenvalue weighted by atomic mass is 35.5. The van der Waals surface area contributed by atoms with Crippen molar-refractivity contribution in [1.82, 2.24) is 29.6 Å². The fourth-order valence-corrected chi connectivity index (χ4v) is 5.64. The van der Waals surface area contributed by atoms with Crippen molar-refractivity contribution in [3.05, 3.63) is 92.3 Å². The number of ether oxygens (including phenoxy) is 2. The summed E-state index contributed by atoms with van der Waals surface area (Å²) < 4.78 is 60.1. The van der Waals surface area contributed by atoms with Crippen molar-refractivity contribution in [3.63, 3.8) is 0 Å². The van der Waals surface area contributed by atoms with E-state index in [1.54, 1.807) is 24.3 Å². The Morgan fingerprint density at radius 2 is 1.93 bits per heavy atom. The van der Waals surface area contributed by atoms with Crippen molar-refractivity contribution < 1.29 is 27.2 Å². The van der Waals surface area contributed by atoms with Gasteiger partial charge in [-0.3, -0.25) is 14.4 Å². The van der Waals surface area contributed by atoms with Gasteiger partial charge in [0.1, 0.15) is 18.0 Å². The van der Waals surface area contributed by atoms with Crippen LogP contribution < -0.4 is 10.5 Å². The Balaban J connectivity index is 1.16. The molecule has 2 aromatic carbocycles. The summed E-state index contributed by atoms with van der Waals surface area (Å²) in [7, 11) is 0. The van der Waals surface area contributed by atoms with Crippen LogP contribution in [0.2, 0.25) is 5.02 Å². The van der Waals surface area contributed by atoms with Crippen LogP contribution in [0.15, 0.2) is 57.8 Å². The first-order chi connectivity index (χ1) is 21.2. The molecule has 0 aliphatic carbocycles. The molecule has 0 radical (unpaired) electrons. The van der Waals surface area contributed by atoms with Crippen molar-refractivity contribution >= 4 is 22.6 Å². The van der Waals surface area contributed by atoms with Crippen molar-refractivity contribution in [2.45, 2.75) is 51.4 Å². The number of aromatic amines is 1. The zero-order chi connectivity index (χ0) is 30.4. The highest BCUT2D eigenvalue weighted by Crippen LogP contribution is 2.38. The van der Waals surface area contributed by atoms with Gasteiger partial charge in [0.15, 0.2) is 5.82 Å². The molecule has 10 nitrogen and oxygen atoms in total. The maximum Gasteiger partial charge on any atom is 0.439 e. The molecule has 1 fully saturated rings. The molecule has 0 amide bonds. The predicted octanol–water partition coefficient (Wildman–Crippen LogP) is 5.37. The third kappa shape index (κ3) is 5.82. The molecule has 0 unspecified atom stereocenters. The van der Waals surface area contributed by atoms with E-state index in [0.717, 1.165) is 23.8 Å². The molecule has 0 bridgehead atoms. The number of halogens is 4. The monoisotopic (exact) mass is 626 g/mol. The number of alkyl halides is 3. The summed E-state index contributed by atoms with van der Waals surface area (Å²) in [6, 6.07) is 13.5. The largest absolute Gasteiger partial charge is 0.472 e. The lowest BCUT2D eigenvalue weighted by Gasteiger charge is -2.30. The molecule has 5 aromatic rings. The lowest BCUT2D eigenvalue weighted by molar-refractivity contribution is -0.139. The Labute approximate surface area is 253 Å². The number of hydrogen-bond donors (Lipinski definition) is 1. The summed E-state index contributed by atoms with van der Waals surface area (Å²) in [5.74, 6) is 0.00592. The highest BCUT2D eigenvalue weighted by molar-refractivity contribution is 6.30. The van der Waals surface area contributed by atoms with Gasteiger partial charge in [-0.2, -0.15) is 13.2 Å². The van der Waals surface area contributed by atoms with E-state index in [2.05, 4.69) is 29.1 Å². The number of imidazole rings is 1. The lowest BCUT2D eigenvalue weighted by Crippen LogP contribution is -2.34. The Morgan fingerprint density at radius 3 is 2.64 bits per heavy atom. The Kier molecular flexibility index (Phi) is 7.39. The summed E-state index contributed by atoms with van der Waals surface area (Å²) in [5, 5.41) is 4.30. The van der Waals surface area contributed by atoms with Gasteiger partial charge in [-0.05, 0) is 60.4 Å². The van der Waals surface area contributed by atoms with E-state index >= 15 is 0 Å². The maximum absolute atomic E-state index is 14.0. The quantitative estimate of drug-likeness (QED) is 0.245. The van der Waals surface area contributed by atoms with E-state index in [1.807, 2.05) is 18.2 Å². The average Bonchev–Trinajstić information content (AvgIpc) is 3.56. The van der Waals surface area contributed by atoms with Crippen molar-refractivity contribution in [3.8, 4) is 17.3 Å². The number of hydrogen-bond acceptors (Lipinski definition) is 8. The maximum atomic E-state index is 14.0. The molecule has 5 heterocycles. The fraction of sp³-hybridized carbons (Fsp3) is 0.333. The second-order valence-electron chi connectivity index (χ2n) is 10.9. The van der Waals surface area contributed by atoms with Crippen LogP contribution in [0.4, 0.5) is 13.2 Å². The van der Waals surface area contributed by atoms with Gasteiger partial charge >= 0.3 is 11.9 Å². The first kappa shape index (κ1) is 28.6. The predicted molar refractivity (Wildman–Crippen MR) is 153 cm³/mol. The topological polar surface area (TPSA) is 111 Å². The van der Waals surface area contributed by atoms with E-state index in [4.69, 9.17) is 26.1 Å². The van der Waals surface area contributed by atoms with Crippen LogP contribution in [0, 0.1) is 0 Å². The molecule has 1 N–H and O–H groups in total. The van der Waals surface area contributed by atoms with Crippen LogP contribution in [0.25, 0.3) is 22.4 Å². The van der Waals surface area contributed by atoms with Crippen LogP contribution in [0.1, 0.15) is 34.6 Å². The smallest absolute Gasteiger partial charge is 0.439 e. The summed E-state index contributed by atoms with van der Waals surface area (Å²) >= 11 is 5.93. The summed E-state index contributed by atoms with van der Waals surface area (Å²) in [4.78, 5) is 25.4. The lowest BCUT2D eigenvalue weighted by atomic mass is 10.0. The molecular weight excluding hydrogens is 601 g/mol. The van der Waals surface area contributed by atoms with Gasteiger partial charge in [0.25, 0.3) is 0 Å². The minimum Gasteiger partial charge on any atom is -0.472 e. The molecule has 228 valence electrons. The number of pyridine rings is 1. The van der Waals surface area contributed by atoms with Crippen LogP contribution in [0.3, 0.4) is 0 Å². The molecule has 1 atom stereocenters.